The summed E-state index contributed by atoms with van der Waals surface area (Å²) in [5, 5.41) is 0. The second kappa shape index (κ2) is 6.57. The fourth-order valence-corrected chi connectivity index (χ4v) is 2.34. The minimum Gasteiger partial charge on any atom is -0.494 e. The molecular formula is C15H22N2O2. The lowest BCUT2D eigenvalue weighted by molar-refractivity contribution is 0.0643. The minimum absolute atomic E-state index is 0.109. The van der Waals surface area contributed by atoms with Crippen molar-refractivity contribution in [3.05, 3.63) is 29.8 Å². The standard InChI is InChI=1S/C15H22N2O2/c1-3-16-8-10-17(11-9-16)15(18)13-6-5-7-14(12-13)19-4-2/h5-7,12H,3-4,8-11H2,1-2H3. The van der Waals surface area contributed by atoms with Crippen molar-refractivity contribution in [2.75, 3.05) is 39.3 Å². The number of amides is 1. The lowest BCUT2D eigenvalue weighted by Gasteiger charge is -2.34. The van der Waals surface area contributed by atoms with E-state index in [2.05, 4.69) is 11.8 Å². The molecule has 104 valence electrons. The molecule has 2 rings (SSSR count). The van der Waals surface area contributed by atoms with Gasteiger partial charge in [0.15, 0.2) is 0 Å². The van der Waals surface area contributed by atoms with Gasteiger partial charge in [0, 0.05) is 31.7 Å². The lowest BCUT2D eigenvalue weighted by atomic mass is 10.1. The normalized spacial score (nSPS) is 16.4. The summed E-state index contributed by atoms with van der Waals surface area (Å²) in [6.07, 6.45) is 0. The molecule has 0 N–H and O–H groups in total. The molecule has 1 heterocycles. The Morgan fingerprint density at radius 3 is 2.58 bits per heavy atom. The van der Waals surface area contributed by atoms with Crippen molar-refractivity contribution in [3.63, 3.8) is 0 Å². The molecule has 0 unspecified atom stereocenters. The molecule has 0 aromatic heterocycles. The predicted octanol–water partition coefficient (Wildman–Crippen LogP) is 1.86. The summed E-state index contributed by atoms with van der Waals surface area (Å²) in [4.78, 5) is 16.7. The van der Waals surface area contributed by atoms with Gasteiger partial charge in [-0.25, -0.2) is 0 Å². The number of hydrogen-bond donors (Lipinski definition) is 0. The molecule has 19 heavy (non-hydrogen) atoms. The minimum atomic E-state index is 0.109. The van der Waals surface area contributed by atoms with Gasteiger partial charge in [0.05, 0.1) is 6.61 Å². The first-order valence-corrected chi connectivity index (χ1v) is 6.99. The lowest BCUT2D eigenvalue weighted by Crippen LogP contribution is -2.48. The topological polar surface area (TPSA) is 32.8 Å². The molecule has 1 aromatic carbocycles. The largest absolute Gasteiger partial charge is 0.494 e. The molecule has 1 aliphatic rings. The van der Waals surface area contributed by atoms with Gasteiger partial charge in [0.2, 0.25) is 0 Å². The zero-order chi connectivity index (χ0) is 13.7. The van der Waals surface area contributed by atoms with Gasteiger partial charge in [-0.2, -0.15) is 0 Å². The van der Waals surface area contributed by atoms with Crippen LogP contribution in [0.2, 0.25) is 0 Å². The molecule has 1 aliphatic heterocycles. The molecule has 0 radical (unpaired) electrons. The van der Waals surface area contributed by atoms with Crippen LogP contribution in [0.3, 0.4) is 0 Å². The summed E-state index contributed by atoms with van der Waals surface area (Å²) in [7, 11) is 0. The number of hydrogen-bond acceptors (Lipinski definition) is 3. The van der Waals surface area contributed by atoms with Crippen molar-refractivity contribution in [2.24, 2.45) is 0 Å². The van der Waals surface area contributed by atoms with E-state index in [-0.39, 0.29) is 5.91 Å². The maximum absolute atomic E-state index is 12.4. The van der Waals surface area contributed by atoms with Crippen molar-refractivity contribution in [1.29, 1.82) is 0 Å². The number of piperazine rings is 1. The molecule has 0 bridgehead atoms. The number of rotatable bonds is 4. The molecule has 1 aromatic rings. The Balaban J connectivity index is 2.01. The first-order valence-electron chi connectivity index (χ1n) is 6.99. The third-order valence-electron chi connectivity index (χ3n) is 3.50. The van der Waals surface area contributed by atoms with Gasteiger partial charge >= 0.3 is 0 Å². The average molecular weight is 262 g/mol. The van der Waals surface area contributed by atoms with Crippen LogP contribution >= 0.6 is 0 Å². The Bertz CT molecular complexity index is 426. The summed E-state index contributed by atoms with van der Waals surface area (Å²) >= 11 is 0. The molecule has 0 atom stereocenters. The predicted molar refractivity (Wildman–Crippen MR) is 75.6 cm³/mol. The van der Waals surface area contributed by atoms with Gasteiger partial charge in [-0.1, -0.05) is 13.0 Å². The van der Waals surface area contributed by atoms with Crippen LogP contribution in [-0.2, 0) is 0 Å². The van der Waals surface area contributed by atoms with Crippen LogP contribution in [0, 0.1) is 0 Å². The molecule has 0 saturated carbocycles. The number of carbonyl (C=O) groups excluding carboxylic acids is 1. The Kier molecular flexibility index (Phi) is 4.80. The Hall–Kier alpha value is -1.55. The van der Waals surface area contributed by atoms with Crippen LogP contribution in [-0.4, -0.2) is 55.0 Å². The second-order valence-corrected chi connectivity index (χ2v) is 4.69. The first kappa shape index (κ1) is 13.9. The highest BCUT2D eigenvalue weighted by Crippen LogP contribution is 2.16. The molecule has 0 spiro atoms. The fraction of sp³-hybridized carbons (Fsp3) is 0.533. The molecular weight excluding hydrogens is 240 g/mol. The molecule has 1 saturated heterocycles. The van der Waals surface area contributed by atoms with E-state index in [1.165, 1.54) is 0 Å². The van der Waals surface area contributed by atoms with Crippen molar-refractivity contribution in [1.82, 2.24) is 9.80 Å². The zero-order valence-electron chi connectivity index (χ0n) is 11.8. The molecule has 1 amide bonds. The zero-order valence-corrected chi connectivity index (χ0v) is 11.8. The van der Waals surface area contributed by atoms with Crippen LogP contribution in [0.25, 0.3) is 0 Å². The highest BCUT2D eigenvalue weighted by molar-refractivity contribution is 5.94. The van der Waals surface area contributed by atoms with E-state index in [1.807, 2.05) is 36.1 Å². The molecule has 1 fully saturated rings. The van der Waals surface area contributed by atoms with Crippen LogP contribution in [0.15, 0.2) is 24.3 Å². The second-order valence-electron chi connectivity index (χ2n) is 4.69. The monoisotopic (exact) mass is 262 g/mol. The first-order chi connectivity index (χ1) is 9.24. The Morgan fingerprint density at radius 1 is 1.21 bits per heavy atom. The van der Waals surface area contributed by atoms with Gasteiger partial charge < -0.3 is 14.5 Å². The maximum atomic E-state index is 12.4. The number of carbonyl (C=O) groups is 1. The van der Waals surface area contributed by atoms with Gasteiger partial charge in [0.25, 0.3) is 5.91 Å². The fourth-order valence-electron chi connectivity index (χ4n) is 2.34. The summed E-state index contributed by atoms with van der Waals surface area (Å²) in [5.41, 5.74) is 0.718. The maximum Gasteiger partial charge on any atom is 0.254 e. The smallest absolute Gasteiger partial charge is 0.254 e. The third kappa shape index (κ3) is 3.47. The summed E-state index contributed by atoms with van der Waals surface area (Å²) in [6.45, 7) is 9.33. The van der Waals surface area contributed by atoms with Gasteiger partial charge in [-0.3, -0.25) is 4.79 Å². The van der Waals surface area contributed by atoms with Gasteiger partial charge in [-0.05, 0) is 31.7 Å². The number of likely N-dealkylation sites (N-methyl/N-ethyl adjacent to an activating group) is 1. The van der Waals surface area contributed by atoms with Crippen molar-refractivity contribution in [3.8, 4) is 5.75 Å². The van der Waals surface area contributed by atoms with Crippen LogP contribution in [0.1, 0.15) is 24.2 Å². The van der Waals surface area contributed by atoms with Gasteiger partial charge in [0.1, 0.15) is 5.75 Å². The van der Waals surface area contributed by atoms with Crippen LogP contribution in [0.5, 0.6) is 5.75 Å². The Labute approximate surface area is 115 Å². The van der Waals surface area contributed by atoms with Crippen molar-refractivity contribution < 1.29 is 9.53 Å². The van der Waals surface area contributed by atoms with E-state index in [0.29, 0.717) is 6.61 Å². The van der Waals surface area contributed by atoms with Crippen molar-refractivity contribution in [2.45, 2.75) is 13.8 Å². The quantitative estimate of drug-likeness (QED) is 0.830. The van der Waals surface area contributed by atoms with E-state index in [0.717, 1.165) is 44.0 Å². The van der Waals surface area contributed by atoms with E-state index in [1.54, 1.807) is 0 Å². The molecule has 4 nitrogen and oxygen atoms in total. The highest BCUT2D eigenvalue weighted by Gasteiger charge is 2.21. The van der Waals surface area contributed by atoms with E-state index >= 15 is 0 Å². The summed E-state index contributed by atoms with van der Waals surface area (Å²) in [6, 6.07) is 7.45. The van der Waals surface area contributed by atoms with E-state index in [9.17, 15) is 4.79 Å². The summed E-state index contributed by atoms with van der Waals surface area (Å²) < 4.78 is 5.44. The summed E-state index contributed by atoms with van der Waals surface area (Å²) in [5.74, 6) is 0.873. The number of nitrogens with zero attached hydrogens (tertiary/aromatic N) is 2. The highest BCUT2D eigenvalue weighted by atomic mass is 16.5. The third-order valence-corrected chi connectivity index (χ3v) is 3.50. The van der Waals surface area contributed by atoms with Gasteiger partial charge in [-0.15, -0.1) is 0 Å². The SMILES string of the molecule is CCOc1cccc(C(=O)N2CCN(CC)CC2)c1. The van der Waals surface area contributed by atoms with Crippen LogP contribution < -0.4 is 4.74 Å². The Morgan fingerprint density at radius 2 is 1.95 bits per heavy atom. The van der Waals surface area contributed by atoms with Crippen LogP contribution in [0.4, 0.5) is 0 Å². The average Bonchev–Trinajstić information content (AvgIpc) is 2.47. The number of benzene rings is 1. The van der Waals surface area contributed by atoms with E-state index in [4.69, 9.17) is 4.74 Å². The molecule has 4 heteroatoms. The molecule has 0 aliphatic carbocycles. The van der Waals surface area contributed by atoms with E-state index < -0.39 is 0 Å². The van der Waals surface area contributed by atoms with Crippen molar-refractivity contribution >= 4 is 5.91 Å². The number of ether oxygens (including phenoxy) is 1.